The van der Waals surface area contributed by atoms with E-state index in [1.807, 2.05) is 13.8 Å². The summed E-state index contributed by atoms with van der Waals surface area (Å²) in [5.74, 6) is 0. The first-order valence-electron chi connectivity index (χ1n) is 6.75. The smallest absolute Gasteiger partial charge is 0.269 e. The maximum Gasteiger partial charge on any atom is 0.269 e. The zero-order valence-corrected chi connectivity index (χ0v) is 13.3. The number of hydrogen-bond acceptors (Lipinski definition) is 7. The molecule has 0 radical (unpaired) electrons. The predicted octanol–water partition coefficient (Wildman–Crippen LogP) is 2.95. The molecule has 23 heavy (non-hydrogen) atoms. The molecule has 2 heterocycles. The number of aryl methyl sites for hydroxylation is 1. The van der Waals surface area contributed by atoms with Gasteiger partial charge in [-0.15, -0.1) is 0 Å². The fraction of sp³-hybridized carbons (Fsp3) is 0.214. The van der Waals surface area contributed by atoms with Gasteiger partial charge in [0.2, 0.25) is 4.96 Å². The van der Waals surface area contributed by atoms with Crippen molar-refractivity contribution in [1.82, 2.24) is 14.6 Å². The largest absolute Gasteiger partial charge is 0.391 e. The van der Waals surface area contributed by atoms with Gasteiger partial charge in [-0.05, 0) is 31.5 Å². The summed E-state index contributed by atoms with van der Waals surface area (Å²) < 4.78 is 1.76. The van der Waals surface area contributed by atoms with Gasteiger partial charge in [0.15, 0.2) is 0 Å². The maximum atomic E-state index is 10.6. The second kappa shape index (κ2) is 6.13. The van der Waals surface area contributed by atoms with E-state index in [1.165, 1.54) is 29.8 Å². The van der Waals surface area contributed by atoms with E-state index in [9.17, 15) is 10.1 Å². The minimum atomic E-state index is -0.434. The Morgan fingerprint density at radius 2 is 2.17 bits per heavy atom. The van der Waals surface area contributed by atoms with Crippen molar-refractivity contribution in [2.45, 2.75) is 20.5 Å². The molecule has 0 aliphatic rings. The number of benzene rings is 1. The molecule has 0 aliphatic carbocycles. The topological polar surface area (TPSA) is 94.9 Å². The van der Waals surface area contributed by atoms with Crippen LogP contribution in [0.25, 0.3) is 4.96 Å². The molecule has 0 saturated carbocycles. The third kappa shape index (κ3) is 3.04. The lowest BCUT2D eigenvalue weighted by Crippen LogP contribution is -1.98. The summed E-state index contributed by atoms with van der Waals surface area (Å²) in [6, 6.07) is 6.19. The van der Waals surface area contributed by atoms with Gasteiger partial charge < -0.3 is 4.84 Å². The summed E-state index contributed by atoms with van der Waals surface area (Å²) in [7, 11) is 0. The Labute approximate surface area is 135 Å². The Balaban J connectivity index is 1.68. The molecule has 0 atom stereocenters. The number of rotatable bonds is 5. The van der Waals surface area contributed by atoms with Crippen LogP contribution in [0.4, 0.5) is 5.69 Å². The number of hydrogen-bond donors (Lipinski definition) is 0. The van der Waals surface area contributed by atoms with Crippen molar-refractivity contribution < 1.29 is 9.76 Å². The van der Waals surface area contributed by atoms with Crippen molar-refractivity contribution in [3.63, 3.8) is 0 Å². The van der Waals surface area contributed by atoms with Gasteiger partial charge in [0, 0.05) is 12.1 Å². The molecule has 0 unspecified atom stereocenters. The van der Waals surface area contributed by atoms with Crippen LogP contribution in [0.1, 0.15) is 23.1 Å². The first kappa shape index (κ1) is 15.1. The average molecular weight is 331 g/mol. The molecule has 0 aliphatic heterocycles. The number of nitro benzene ring substituents is 1. The fourth-order valence-electron chi connectivity index (χ4n) is 2.09. The maximum absolute atomic E-state index is 10.6. The number of nitro groups is 1. The van der Waals surface area contributed by atoms with Gasteiger partial charge >= 0.3 is 0 Å². The Morgan fingerprint density at radius 1 is 1.43 bits per heavy atom. The molecule has 8 nitrogen and oxygen atoms in total. The molecular weight excluding hydrogens is 318 g/mol. The SMILES string of the molecule is C/C(=N/OCc1ccc([N+](=O)[O-])cc1)c1sc2ncnn2c1C. The van der Waals surface area contributed by atoms with E-state index in [4.69, 9.17) is 4.84 Å². The summed E-state index contributed by atoms with van der Waals surface area (Å²) in [6.45, 7) is 4.05. The lowest BCUT2D eigenvalue weighted by atomic mass is 10.2. The number of non-ortho nitro benzene ring substituents is 1. The van der Waals surface area contributed by atoms with Crippen molar-refractivity contribution in [2.24, 2.45) is 5.16 Å². The van der Waals surface area contributed by atoms with Crippen molar-refractivity contribution in [3.05, 3.63) is 56.8 Å². The Kier molecular flexibility index (Phi) is 4.02. The van der Waals surface area contributed by atoms with Crippen LogP contribution in [0.15, 0.2) is 35.7 Å². The monoisotopic (exact) mass is 331 g/mol. The Morgan fingerprint density at radius 3 is 2.83 bits per heavy atom. The van der Waals surface area contributed by atoms with Gasteiger partial charge in [0.1, 0.15) is 12.9 Å². The Bertz CT molecular complexity index is 882. The van der Waals surface area contributed by atoms with Crippen LogP contribution in [0.3, 0.4) is 0 Å². The fourth-order valence-corrected chi connectivity index (χ4v) is 3.06. The van der Waals surface area contributed by atoms with Crippen LogP contribution in [-0.4, -0.2) is 25.2 Å². The third-order valence-electron chi connectivity index (χ3n) is 3.26. The van der Waals surface area contributed by atoms with E-state index >= 15 is 0 Å². The number of oxime groups is 1. The van der Waals surface area contributed by atoms with Crippen LogP contribution >= 0.6 is 11.3 Å². The quantitative estimate of drug-likeness (QED) is 0.407. The normalized spacial score (nSPS) is 11.8. The highest BCUT2D eigenvalue weighted by Gasteiger charge is 2.12. The molecule has 0 bridgehead atoms. The summed E-state index contributed by atoms with van der Waals surface area (Å²) in [5.41, 5.74) is 2.56. The van der Waals surface area contributed by atoms with E-state index in [0.717, 1.165) is 26.8 Å². The zero-order chi connectivity index (χ0) is 16.4. The average Bonchev–Trinajstić information content (AvgIpc) is 3.11. The summed E-state index contributed by atoms with van der Waals surface area (Å²) in [6.07, 6.45) is 1.51. The van der Waals surface area contributed by atoms with Crippen molar-refractivity contribution in [1.29, 1.82) is 0 Å². The molecule has 118 valence electrons. The predicted molar refractivity (Wildman–Crippen MR) is 85.7 cm³/mol. The number of fused-ring (bicyclic) bond motifs is 1. The van der Waals surface area contributed by atoms with E-state index in [1.54, 1.807) is 16.6 Å². The third-order valence-corrected chi connectivity index (χ3v) is 4.52. The van der Waals surface area contributed by atoms with Crippen molar-refractivity contribution in [2.75, 3.05) is 0 Å². The zero-order valence-electron chi connectivity index (χ0n) is 12.5. The van der Waals surface area contributed by atoms with Crippen LogP contribution in [0.2, 0.25) is 0 Å². The first-order chi connectivity index (χ1) is 11.1. The van der Waals surface area contributed by atoms with Gasteiger partial charge in [-0.3, -0.25) is 10.1 Å². The summed E-state index contributed by atoms with van der Waals surface area (Å²) in [4.78, 5) is 21.4. The molecule has 3 rings (SSSR count). The molecular formula is C14H13N5O3S. The highest BCUT2D eigenvalue weighted by molar-refractivity contribution is 7.19. The number of nitrogens with zero attached hydrogens (tertiary/aromatic N) is 5. The molecule has 2 aromatic heterocycles. The molecule has 1 aromatic carbocycles. The molecule has 9 heteroatoms. The number of thiazole rings is 1. The van der Waals surface area contributed by atoms with Crippen molar-refractivity contribution in [3.8, 4) is 0 Å². The van der Waals surface area contributed by atoms with E-state index in [2.05, 4.69) is 15.2 Å². The molecule has 0 N–H and O–H groups in total. The van der Waals surface area contributed by atoms with Crippen LogP contribution < -0.4 is 0 Å². The first-order valence-corrected chi connectivity index (χ1v) is 7.57. The molecule has 0 spiro atoms. The van der Waals surface area contributed by atoms with Gasteiger partial charge in [0.05, 0.1) is 21.2 Å². The second-order valence-corrected chi connectivity index (χ2v) is 5.82. The molecule has 0 saturated heterocycles. The van der Waals surface area contributed by atoms with Gasteiger partial charge in [-0.2, -0.15) is 5.10 Å². The van der Waals surface area contributed by atoms with Gasteiger partial charge in [-0.1, -0.05) is 16.5 Å². The highest BCUT2D eigenvalue weighted by Crippen LogP contribution is 2.21. The van der Waals surface area contributed by atoms with Crippen molar-refractivity contribution >= 4 is 27.7 Å². The van der Waals surface area contributed by atoms with E-state index < -0.39 is 4.92 Å². The standard InChI is InChI=1S/C14H13N5O3S/c1-9(13-10(2)18-14(23-13)15-8-16-18)17-22-7-11-3-5-12(6-4-11)19(20)21/h3-6,8H,7H2,1-2H3/b17-9-. The summed E-state index contributed by atoms with van der Waals surface area (Å²) in [5, 5.41) is 18.8. The van der Waals surface area contributed by atoms with E-state index in [-0.39, 0.29) is 12.3 Å². The lowest BCUT2D eigenvalue weighted by Gasteiger charge is -2.02. The van der Waals surface area contributed by atoms with Crippen LogP contribution in [0, 0.1) is 17.0 Å². The Hall–Kier alpha value is -2.81. The van der Waals surface area contributed by atoms with Gasteiger partial charge in [0.25, 0.3) is 5.69 Å². The number of aromatic nitrogens is 3. The van der Waals surface area contributed by atoms with Crippen LogP contribution in [-0.2, 0) is 11.4 Å². The minimum absolute atomic E-state index is 0.0542. The lowest BCUT2D eigenvalue weighted by molar-refractivity contribution is -0.384. The molecule has 0 amide bonds. The van der Waals surface area contributed by atoms with Gasteiger partial charge in [-0.25, -0.2) is 9.50 Å². The highest BCUT2D eigenvalue weighted by atomic mass is 32.1. The summed E-state index contributed by atoms with van der Waals surface area (Å²) >= 11 is 1.49. The van der Waals surface area contributed by atoms with Crippen LogP contribution in [0.5, 0.6) is 0 Å². The molecule has 3 aromatic rings. The van der Waals surface area contributed by atoms with E-state index in [0.29, 0.717) is 0 Å². The molecule has 0 fully saturated rings. The minimum Gasteiger partial charge on any atom is -0.391 e. The second-order valence-electron chi connectivity index (χ2n) is 4.84.